The van der Waals surface area contributed by atoms with E-state index in [-0.39, 0.29) is 35.2 Å². The lowest BCUT2D eigenvalue weighted by molar-refractivity contribution is 0.0526. The molecule has 2 aromatic carbocycles. The van der Waals surface area contributed by atoms with E-state index in [1.54, 1.807) is 19.1 Å². The minimum atomic E-state index is -3.77. The Morgan fingerprint density at radius 1 is 1.13 bits per heavy atom. The number of amides is 1. The molecule has 0 unspecified atom stereocenters. The van der Waals surface area contributed by atoms with Crippen molar-refractivity contribution >= 4 is 39.2 Å². The molecular weight excluding hydrogens is 432 g/mol. The second-order valence-electron chi connectivity index (χ2n) is 6.41. The molecule has 1 fully saturated rings. The molecular formula is C20H21ClN2O6S. The average molecular weight is 453 g/mol. The molecule has 2 aromatic rings. The molecule has 160 valence electrons. The van der Waals surface area contributed by atoms with Crippen LogP contribution in [0, 0.1) is 0 Å². The molecule has 0 radical (unpaired) electrons. The molecule has 3 rings (SSSR count). The minimum Gasteiger partial charge on any atom is -0.462 e. The molecule has 30 heavy (non-hydrogen) atoms. The Morgan fingerprint density at radius 2 is 1.80 bits per heavy atom. The van der Waals surface area contributed by atoms with Gasteiger partial charge >= 0.3 is 5.97 Å². The molecule has 0 aromatic heterocycles. The Labute approximate surface area is 179 Å². The normalized spacial score (nSPS) is 14.9. The summed E-state index contributed by atoms with van der Waals surface area (Å²) in [6, 6.07) is 10.2. The molecule has 0 saturated carbocycles. The number of esters is 1. The fourth-order valence-corrected chi connectivity index (χ4v) is 4.52. The van der Waals surface area contributed by atoms with Crippen molar-refractivity contribution in [1.29, 1.82) is 0 Å². The molecule has 0 spiro atoms. The van der Waals surface area contributed by atoms with Crippen LogP contribution in [0.2, 0.25) is 5.02 Å². The maximum atomic E-state index is 12.8. The number of carbonyl (C=O) groups excluding carboxylic acids is 2. The Morgan fingerprint density at radius 3 is 2.43 bits per heavy atom. The molecule has 8 nitrogen and oxygen atoms in total. The summed E-state index contributed by atoms with van der Waals surface area (Å²) in [5, 5.41) is 2.77. The standard InChI is InChI=1S/C20H21ClN2O6S/c1-2-29-20(25)14-3-5-15(6-4-14)22-19(24)17-13-16(7-8-18(17)21)30(26,27)23-9-11-28-12-10-23/h3-8,13H,2,9-12H2,1H3,(H,22,24). The van der Waals surface area contributed by atoms with Crippen molar-refractivity contribution in [3.63, 3.8) is 0 Å². The highest BCUT2D eigenvalue weighted by Gasteiger charge is 2.27. The number of sulfonamides is 1. The van der Waals surface area contributed by atoms with E-state index in [1.165, 1.54) is 34.6 Å². The summed E-state index contributed by atoms with van der Waals surface area (Å²) < 4.78 is 37.1. The summed E-state index contributed by atoms with van der Waals surface area (Å²) in [6.45, 7) is 3.12. The fourth-order valence-electron chi connectivity index (χ4n) is 2.88. The summed E-state index contributed by atoms with van der Waals surface area (Å²) in [5.74, 6) is -1.03. The lowest BCUT2D eigenvalue weighted by atomic mass is 10.2. The third-order valence-electron chi connectivity index (χ3n) is 4.44. The molecule has 1 N–H and O–H groups in total. The van der Waals surface area contributed by atoms with Gasteiger partial charge in [0.15, 0.2) is 0 Å². The van der Waals surface area contributed by atoms with E-state index in [0.717, 1.165) is 0 Å². The van der Waals surface area contributed by atoms with Crippen LogP contribution in [0.3, 0.4) is 0 Å². The highest BCUT2D eigenvalue weighted by atomic mass is 35.5. The summed E-state index contributed by atoms with van der Waals surface area (Å²) in [4.78, 5) is 24.4. The van der Waals surface area contributed by atoms with Gasteiger partial charge in [0.1, 0.15) is 0 Å². The van der Waals surface area contributed by atoms with Gasteiger partial charge in [-0.3, -0.25) is 4.79 Å². The number of nitrogens with zero attached hydrogens (tertiary/aromatic N) is 1. The summed E-state index contributed by atoms with van der Waals surface area (Å²) in [5.41, 5.74) is 0.803. The van der Waals surface area contributed by atoms with Gasteiger partial charge in [0.05, 0.1) is 40.9 Å². The maximum Gasteiger partial charge on any atom is 0.338 e. The smallest absolute Gasteiger partial charge is 0.338 e. The van der Waals surface area contributed by atoms with E-state index in [9.17, 15) is 18.0 Å². The summed E-state index contributed by atoms with van der Waals surface area (Å²) in [7, 11) is -3.77. The van der Waals surface area contributed by atoms with Crippen molar-refractivity contribution in [2.75, 3.05) is 38.2 Å². The number of morpholine rings is 1. The van der Waals surface area contributed by atoms with E-state index in [0.29, 0.717) is 24.5 Å². The van der Waals surface area contributed by atoms with Gasteiger partial charge in [-0.15, -0.1) is 0 Å². The van der Waals surface area contributed by atoms with Gasteiger partial charge in [0.25, 0.3) is 5.91 Å². The molecule has 1 saturated heterocycles. The monoisotopic (exact) mass is 452 g/mol. The second-order valence-corrected chi connectivity index (χ2v) is 8.76. The van der Waals surface area contributed by atoms with Crippen molar-refractivity contribution in [3.05, 3.63) is 58.6 Å². The van der Waals surface area contributed by atoms with Crippen LogP contribution in [0.5, 0.6) is 0 Å². The molecule has 1 amide bonds. The number of carbonyl (C=O) groups is 2. The van der Waals surface area contributed by atoms with E-state index in [4.69, 9.17) is 21.1 Å². The van der Waals surface area contributed by atoms with E-state index in [2.05, 4.69) is 5.32 Å². The largest absolute Gasteiger partial charge is 0.462 e. The maximum absolute atomic E-state index is 12.8. The third-order valence-corrected chi connectivity index (χ3v) is 6.67. The van der Waals surface area contributed by atoms with Gasteiger partial charge in [0.2, 0.25) is 10.0 Å². The third kappa shape index (κ3) is 4.99. The lowest BCUT2D eigenvalue weighted by Gasteiger charge is -2.26. The number of rotatable bonds is 6. The zero-order chi connectivity index (χ0) is 21.7. The predicted octanol–water partition coefficient (Wildman–Crippen LogP) is 2.79. The van der Waals surface area contributed by atoms with Crippen LogP contribution in [-0.2, 0) is 19.5 Å². The van der Waals surface area contributed by atoms with Crippen LogP contribution in [-0.4, -0.2) is 57.5 Å². The van der Waals surface area contributed by atoms with Crippen LogP contribution in [0.1, 0.15) is 27.6 Å². The predicted molar refractivity (Wildman–Crippen MR) is 111 cm³/mol. The molecule has 10 heteroatoms. The summed E-state index contributed by atoms with van der Waals surface area (Å²) in [6.07, 6.45) is 0. The quantitative estimate of drug-likeness (QED) is 0.676. The molecule has 0 aliphatic carbocycles. The Balaban J connectivity index is 1.79. The van der Waals surface area contributed by atoms with Gasteiger partial charge in [-0.2, -0.15) is 4.31 Å². The van der Waals surface area contributed by atoms with Crippen molar-refractivity contribution in [1.82, 2.24) is 4.31 Å². The van der Waals surface area contributed by atoms with E-state index >= 15 is 0 Å². The molecule has 0 bridgehead atoms. The Bertz CT molecular complexity index is 1030. The number of ether oxygens (including phenoxy) is 2. The molecule has 1 heterocycles. The zero-order valence-corrected chi connectivity index (χ0v) is 17.8. The van der Waals surface area contributed by atoms with Crippen LogP contribution in [0.15, 0.2) is 47.4 Å². The summed E-state index contributed by atoms with van der Waals surface area (Å²) >= 11 is 6.14. The van der Waals surface area contributed by atoms with Crippen LogP contribution in [0.4, 0.5) is 5.69 Å². The fraction of sp³-hybridized carbons (Fsp3) is 0.300. The average Bonchev–Trinajstić information content (AvgIpc) is 2.75. The zero-order valence-electron chi connectivity index (χ0n) is 16.3. The molecule has 1 aliphatic rings. The SMILES string of the molecule is CCOC(=O)c1ccc(NC(=O)c2cc(S(=O)(=O)N3CCOCC3)ccc2Cl)cc1. The van der Waals surface area contributed by atoms with Crippen molar-refractivity contribution in [2.45, 2.75) is 11.8 Å². The number of nitrogens with one attached hydrogen (secondary N) is 1. The van der Waals surface area contributed by atoms with Crippen LogP contribution < -0.4 is 5.32 Å². The number of halogens is 1. The Kier molecular flexibility index (Phi) is 7.09. The number of hydrogen-bond donors (Lipinski definition) is 1. The second kappa shape index (κ2) is 9.57. The van der Waals surface area contributed by atoms with Gasteiger partial charge in [-0.1, -0.05) is 11.6 Å². The van der Waals surface area contributed by atoms with Gasteiger partial charge < -0.3 is 14.8 Å². The topological polar surface area (TPSA) is 102 Å². The first-order valence-corrected chi connectivity index (χ1v) is 11.1. The van der Waals surface area contributed by atoms with Gasteiger partial charge in [0, 0.05) is 18.8 Å². The number of hydrogen-bond acceptors (Lipinski definition) is 6. The molecule has 0 atom stereocenters. The number of benzene rings is 2. The highest BCUT2D eigenvalue weighted by molar-refractivity contribution is 7.89. The van der Waals surface area contributed by atoms with Gasteiger partial charge in [-0.25, -0.2) is 13.2 Å². The highest BCUT2D eigenvalue weighted by Crippen LogP contribution is 2.24. The van der Waals surface area contributed by atoms with E-state index < -0.39 is 21.9 Å². The lowest BCUT2D eigenvalue weighted by Crippen LogP contribution is -2.40. The van der Waals surface area contributed by atoms with Crippen molar-refractivity contribution in [3.8, 4) is 0 Å². The minimum absolute atomic E-state index is 0.0170. The first kappa shape index (κ1) is 22.2. The molecule has 1 aliphatic heterocycles. The van der Waals surface area contributed by atoms with E-state index in [1.807, 2.05) is 0 Å². The number of anilines is 1. The first-order chi connectivity index (χ1) is 14.3. The van der Waals surface area contributed by atoms with Crippen LogP contribution in [0.25, 0.3) is 0 Å². The Hall–Kier alpha value is -2.46. The van der Waals surface area contributed by atoms with Crippen molar-refractivity contribution < 1.29 is 27.5 Å². The first-order valence-electron chi connectivity index (χ1n) is 9.29. The van der Waals surface area contributed by atoms with Crippen LogP contribution >= 0.6 is 11.6 Å². The van der Waals surface area contributed by atoms with Gasteiger partial charge in [-0.05, 0) is 49.4 Å². The van der Waals surface area contributed by atoms with Crippen molar-refractivity contribution in [2.24, 2.45) is 0 Å².